The number of urea groups is 1. The second-order valence-electron chi connectivity index (χ2n) is 4.01. The van der Waals surface area contributed by atoms with E-state index in [9.17, 15) is 9.59 Å². The zero-order valence-electron chi connectivity index (χ0n) is 10.6. The Balaban J connectivity index is 2.00. The topological polar surface area (TPSA) is 104 Å². The van der Waals surface area contributed by atoms with Crippen LogP contribution in [0.1, 0.15) is 32.1 Å². The molecule has 0 aliphatic rings. The number of carbonyl (C=O) groups excluding carboxylic acids is 1. The maximum atomic E-state index is 11.4. The van der Waals surface area contributed by atoms with Crippen LogP contribution in [0.4, 0.5) is 10.7 Å². The molecule has 0 aliphatic heterocycles. The molecule has 1 aromatic heterocycles. The van der Waals surface area contributed by atoms with Crippen LogP contribution in [0.25, 0.3) is 0 Å². The van der Waals surface area contributed by atoms with Crippen molar-refractivity contribution in [1.29, 1.82) is 0 Å². The summed E-state index contributed by atoms with van der Waals surface area (Å²) in [5.41, 5.74) is 0. The van der Waals surface area contributed by atoms with Crippen molar-refractivity contribution in [1.82, 2.24) is 15.3 Å². The molecule has 7 heteroatoms. The predicted molar refractivity (Wildman–Crippen MR) is 69.8 cm³/mol. The Morgan fingerprint density at radius 1 is 1.11 bits per heavy atom. The van der Waals surface area contributed by atoms with Crippen molar-refractivity contribution in [2.45, 2.75) is 32.1 Å². The van der Waals surface area contributed by atoms with Gasteiger partial charge in [0.1, 0.15) is 0 Å². The maximum absolute atomic E-state index is 11.4. The van der Waals surface area contributed by atoms with E-state index < -0.39 is 5.97 Å². The second kappa shape index (κ2) is 8.84. The number of carbonyl (C=O) groups is 2. The quantitative estimate of drug-likeness (QED) is 0.620. The summed E-state index contributed by atoms with van der Waals surface area (Å²) in [5.74, 6) is -0.498. The summed E-state index contributed by atoms with van der Waals surface area (Å²) in [6, 6.07) is 1.33. The van der Waals surface area contributed by atoms with E-state index in [2.05, 4.69) is 20.6 Å². The first-order valence-corrected chi connectivity index (χ1v) is 6.22. The van der Waals surface area contributed by atoms with Gasteiger partial charge in [-0.2, -0.15) is 0 Å². The third-order valence-electron chi connectivity index (χ3n) is 2.39. The molecule has 7 nitrogen and oxygen atoms in total. The fourth-order valence-electron chi connectivity index (χ4n) is 1.47. The molecule has 3 N–H and O–H groups in total. The van der Waals surface area contributed by atoms with Crippen molar-refractivity contribution < 1.29 is 14.7 Å². The van der Waals surface area contributed by atoms with Crippen LogP contribution in [-0.4, -0.2) is 33.6 Å². The summed E-state index contributed by atoms with van der Waals surface area (Å²) in [5, 5.41) is 13.6. The van der Waals surface area contributed by atoms with Gasteiger partial charge in [0.05, 0.1) is 0 Å². The number of nitrogens with one attached hydrogen (secondary N) is 2. The Labute approximate surface area is 111 Å². The van der Waals surface area contributed by atoms with Crippen molar-refractivity contribution in [2.24, 2.45) is 0 Å². The molecule has 1 aromatic rings. The van der Waals surface area contributed by atoms with Gasteiger partial charge in [-0.15, -0.1) is 0 Å². The SMILES string of the molecule is O=C(O)CCCCCCNC(=O)Nc1ncccn1. The third-order valence-corrected chi connectivity index (χ3v) is 2.39. The summed E-state index contributed by atoms with van der Waals surface area (Å²) in [7, 11) is 0. The van der Waals surface area contributed by atoms with Gasteiger partial charge in [0.25, 0.3) is 0 Å². The first kappa shape index (κ1) is 14.9. The number of aromatic nitrogens is 2. The van der Waals surface area contributed by atoms with E-state index in [-0.39, 0.29) is 18.4 Å². The van der Waals surface area contributed by atoms with Crippen LogP contribution in [0, 0.1) is 0 Å². The van der Waals surface area contributed by atoms with Gasteiger partial charge in [0.2, 0.25) is 5.95 Å². The number of amides is 2. The summed E-state index contributed by atoms with van der Waals surface area (Å²) in [6.45, 7) is 0.547. The summed E-state index contributed by atoms with van der Waals surface area (Å²) in [4.78, 5) is 29.4. The first-order chi connectivity index (χ1) is 9.18. The Hall–Kier alpha value is -2.18. The molecule has 0 atom stereocenters. The van der Waals surface area contributed by atoms with E-state index in [0.29, 0.717) is 13.0 Å². The molecular weight excluding hydrogens is 248 g/mol. The van der Waals surface area contributed by atoms with E-state index in [4.69, 9.17) is 5.11 Å². The highest BCUT2D eigenvalue weighted by Crippen LogP contribution is 2.02. The van der Waals surface area contributed by atoms with E-state index in [1.165, 1.54) is 0 Å². The van der Waals surface area contributed by atoms with Gasteiger partial charge < -0.3 is 10.4 Å². The fourth-order valence-corrected chi connectivity index (χ4v) is 1.47. The largest absolute Gasteiger partial charge is 0.481 e. The van der Waals surface area contributed by atoms with Gasteiger partial charge in [-0.1, -0.05) is 12.8 Å². The Bertz CT molecular complexity index is 397. The minimum Gasteiger partial charge on any atom is -0.481 e. The Morgan fingerprint density at radius 3 is 2.47 bits per heavy atom. The molecule has 1 heterocycles. The third kappa shape index (κ3) is 7.69. The number of nitrogens with zero attached hydrogens (tertiary/aromatic N) is 2. The van der Waals surface area contributed by atoms with Gasteiger partial charge in [-0.25, -0.2) is 14.8 Å². The van der Waals surface area contributed by atoms with Crippen LogP contribution in [0.5, 0.6) is 0 Å². The molecule has 0 spiro atoms. The van der Waals surface area contributed by atoms with E-state index in [0.717, 1.165) is 19.3 Å². The zero-order chi connectivity index (χ0) is 13.9. The minimum atomic E-state index is -0.764. The fraction of sp³-hybridized carbons (Fsp3) is 0.500. The molecule has 0 aliphatic carbocycles. The van der Waals surface area contributed by atoms with Crippen molar-refractivity contribution in [2.75, 3.05) is 11.9 Å². The molecule has 2 amide bonds. The monoisotopic (exact) mass is 266 g/mol. The lowest BCUT2D eigenvalue weighted by Crippen LogP contribution is -2.30. The molecule has 0 saturated heterocycles. The van der Waals surface area contributed by atoms with E-state index >= 15 is 0 Å². The summed E-state index contributed by atoms with van der Waals surface area (Å²) >= 11 is 0. The molecular formula is C12H18N4O3. The number of hydrogen-bond acceptors (Lipinski definition) is 4. The number of carboxylic acids is 1. The molecule has 19 heavy (non-hydrogen) atoms. The summed E-state index contributed by atoms with van der Waals surface area (Å²) in [6.07, 6.45) is 6.56. The molecule has 0 bridgehead atoms. The molecule has 104 valence electrons. The molecule has 0 radical (unpaired) electrons. The van der Waals surface area contributed by atoms with Crippen LogP contribution in [0.2, 0.25) is 0 Å². The molecule has 0 aromatic carbocycles. The highest BCUT2D eigenvalue weighted by atomic mass is 16.4. The van der Waals surface area contributed by atoms with Gasteiger partial charge in [0, 0.05) is 25.4 Å². The normalized spacial score (nSPS) is 9.89. The van der Waals surface area contributed by atoms with Crippen LogP contribution < -0.4 is 10.6 Å². The molecule has 1 rings (SSSR count). The van der Waals surface area contributed by atoms with Crippen molar-refractivity contribution in [3.63, 3.8) is 0 Å². The highest BCUT2D eigenvalue weighted by Gasteiger charge is 2.02. The van der Waals surface area contributed by atoms with Gasteiger partial charge >= 0.3 is 12.0 Å². The lowest BCUT2D eigenvalue weighted by Gasteiger charge is -2.05. The molecule has 0 saturated carbocycles. The van der Waals surface area contributed by atoms with Crippen molar-refractivity contribution >= 4 is 17.9 Å². The van der Waals surface area contributed by atoms with Crippen LogP contribution in [-0.2, 0) is 4.79 Å². The first-order valence-electron chi connectivity index (χ1n) is 6.22. The predicted octanol–water partition coefficient (Wildman–Crippen LogP) is 1.63. The zero-order valence-corrected chi connectivity index (χ0v) is 10.6. The number of unbranched alkanes of at least 4 members (excludes halogenated alkanes) is 3. The maximum Gasteiger partial charge on any atom is 0.321 e. The van der Waals surface area contributed by atoms with Crippen LogP contribution in [0.15, 0.2) is 18.5 Å². The van der Waals surface area contributed by atoms with Crippen LogP contribution >= 0.6 is 0 Å². The lowest BCUT2D eigenvalue weighted by molar-refractivity contribution is -0.137. The Kier molecular flexibility index (Phi) is 6.93. The average Bonchev–Trinajstić information content (AvgIpc) is 2.38. The lowest BCUT2D eigenvalue weighted by atomic mass is 10.1. The van der Waals surface area contributed by atoms with Crippen LogP contribution in [0.3, 0.4) is 0 Å². The highest BCUT2D eigenvalue weighted by molar-refractivity contribution is 5.87. The molecule has 0 fully saturated rings. The van der Waals surface area contributed by atoms with Gasteiger partial charge in [0.15, 0.2) is 0 Å². The number of anilines is 1. The smallest absolute Gasteiger partial charge is 0.321 e. The molecule has 0 unspecified atom stereocenters. The minimum absolute atomic E-state index is 0.208. The Morgan fingerprint density at radius 2 is 1.79 bits per heavy atom. The standard InChI is InChI=1S/C12H18N4O3/c17-10(18)6-3-1-2-4-7-15-12(19)16-11-13-8-5-9-14-11/h5,8-9H,1-4,6-7H2,(H,17,18)(H2,13,14,15,16,19). The summed E-state index contributed by atoms with van der Waals surface area (Å²) < 4.78 is 0. The number of hydrogen-bond donors (Lipinski definition) is 3. The second-order valence-corrected chi connectivity index (χ2v) is 4.01. The number of rotatable bonds is 8. The van der Waals surface area contributed by atoms with Gasteiger partial charge in [-0.05, 0) is 18.9 Å². The van der Waals surface area contributed by atoms with E-state index in [1.54, 1.807) is 18.5 Å². The van der Waals surface area contributed by atoms with Gasteiger partial charge in [-0.3, -0.25) is 10.1 Å². The number of carboxylic acid groups (broad SMARTS) is 1. The van der Waals surface area contributed by atoms with Crippen molar-refractivity contribution in [3.05, 3.63) is 18.5 Å². The van der Waals surface area contributed by atoms with E-state index in [1.807, 2.05) is 0 Å². The van der Waals surface area contributed by atoms with Crippen molar-refractivity contribution in [3.8, 4) is 0 Å². The number of aliphatic carboxylic acids is 1. The average molecular weight is 266 g/mol.